The highest BCUT2D eigenvalue weighted by molar-refractivity contribution is 5.81. The van der Waals surface area contributed by atoms with Crippen LogP contribution in [0.5, 0.6) is 5.75 Å². The fraction of sp³-hybridized carbons (Fsp3) is 0.632. The highest BCUT2D eigenvalue weighted by Gasteiger charge is 2.35. The van der Waals surface area contributed by atoms with E-state index in [1.165, 1.54) is 0 Å². The number of carbonyl (C=O) groups is 1. The summed E-state index contributed by atoms with van der Waals surface area (Å²) < 4.78 is 17.0. The van der Waals surface area contributed by atoms with Gasteiger partial charge in [-0.2, -0.15) is 0 Å². The number of rotatable bonds is 5. The number of hydrogen-bond donors (Lipinski definition) is 0. The summed E-state index contributed by atoms with van der Waals surface area (Å²) in [5, 5.41) is 0. The maximum Gasteiger partial charge on any atom is 0.251 e. The van der Waals surface area contributed by atoms with Gasteiger partial charge in [-0.05, 0) is 31.2 Å². The minimum absolute atomic E-state index is 0.156. The molecule has 5 heteroatoms. The number of amides is 1. The molecule has 0 unspecified atom stereocenters. The number of benzene rings is 1. The van der Waals surface area contributed by atoms with Gasteiger partial charge in [0.05, 0.1) is 19.8 Å². The molecule has 0 aromatic heterocycles. The summed E-state index contributed by atoms with van der Waals surface area (Å²) in [5.74, 6) is 1.35. The van der Waals surface area contributed by atoms with Gasteiger partial charge in [-0.25, -0.2) is 0 Å². The topological polar surface area (TPSA) is 48.0 Å². The number of hydrogen-bond acceptors (Lipinski definition) is 4. The lowest BCUT2D eigenvalue weighted by Crippen LogP contribution is -2.46. The van der Waals surface area contributed by atoms with E-state index in [0.717, 1.165) is 43.7 Å². The molecular weight excluding hydrogens is 306 g/mol. The van der Waals surface area contributed by atoms with Crippen molar-refractivity contribution in [1.82, 2.24) is 4.90 Å². The van der Waals surface area contributed by atoms with E-state index in [9.17, 15) is 4.79 Å². The van der Waals surface area contributed by atoms with Gasteiger partial charge in [-0.3, -0.25) is 4.79 Å². The maximum atomic E-state index is 12.5. The second-order valence-electron chi connectivity index (χ2n) is 6.70. The number of likely N-dealkylation sites (tertiary alicyclic amines) is 1. The molecule has 2 atom stereocenters. The first-order valence-corrected chi connectivity index (χ1v) is 8.83. The molecule has 3 rings (SSSR count). The van der Waals surface area contributed by atoms with Gasteiger partial charge in [-0.1, -0.05) is 25.1 Å². The first-order valence-electron chi connectivity index (χ1n) is 8.83. The molecule has 0 radical (unpaired) electrons. The Labute approximate surface area is 143 Å². The zero-order valence-corrected chi connectivity index (χ0v) is 14.6. The van der Waals surface area contributed by atoms with E-state index in [2.05, 4.69) is 6.92 Å². The van der Waals surface area contributed by atoms with Gasteiger partial charge >= 0.3 is 0 Å². The van der Waals surface area contributed by atoms with Crippen LogP contribution in [-0.4, -0.2) is 49.8 Å². The summed E-state index contributed by atoms with van der Waals surface area (Å²) in [5.41, 5.74) is 1.06. The molecular formula is C19H27NO4. The maximum absolute atomic E-state index is 12.5. The Bertz CT molecular complexity index is 554. The monoisotopic (exact) mass is 333 g/mol. The van der Waals surface area contributed by atoms with Crippen LogP contribution in [0.15, 0.2) is 24.3 Å². The summed E-state index contributed by atoms with van der Waals surface area (Å²) in [7, 11) is 1.68. The van der Waals surface area contributed by atoms with Crippen LogP contribution in [0.3, 0.4) is 0 Å². The molecule has 0 N–H and O–H groups in total. The average molecular weight is 333 g/mol. The van der Waals surface area contributed by atoms with E-state index < -0.39 is 0 Å². The minimum atomic E-state index is -0.240. The van der Waals surface area contributed by atoms with Gasteiger partial charge in [0.1, 0.15) is 11.9 Å². The van der Waals surface area contributed by atoms with Crippen molar-refractivity contribution in [2.45, 2.75) is 45.0 Å². The summed E-state index contributed by atoms with van der Waals surface area (Å²) in [4.78, 5) is 14.5. The van der Waals surface area contributed by atoms with E-state index in [1.807, 2.05) is 29.2 Å². The first-order chi connectivity index (χ1) is 11.7. The van der Waals surface area contributed by atoms with Gasteiger partial charge in [0, 0.05) is 25.3 Å². The molecule has 2 aliphatic rings. The van der Waals surface area contributed by atoms with Crippen LogP contribution in [0.25, 0.3) is 0 Å². The number of ether oxygens (including phenoxy) is 3. The van der Waals surface area contributed by atoms with Crippen molar-refractivity contribution in [2.75, 3.05) is 26.8 Å². The van der Waals surface area contributed by atoms with Gasteiger partial charge in [0.2, 0.25) is 0 Å². The van der Waals surface area contributed by atoms with Crippen LogP contribution in [0.2, 0.25) is 0 Å². The predicted octanol–water partition coefficient (Wildman–Crippen LogP) is 2.63. The number of piperidine rings is 1. The third-order valence-corrected chi connectivity index (χ3v) is 5.05. The van der Waals surface area contributed by atoms with Crippen molar-refractivity contribution in [1.29, 1.82) is 0 Å². The molecule has 5 nitrogen and oxygen atoms in total. The summed E-state index contributed by atoms with van der Waals surface area (Å²) in [6.07, 6.45) is 2.69. The molecule has 1 amide bonds. The van der Waals surface area contributed by atoms with Gasteiger partial charge in [0.15, 0.2) is 0 Å². The number of nitrogens with zero attached hydrogens (tertiary/aromatic N) is 1. The van der Waals surface area contributed by atoms with E-state index in [-0.39, 0.29) is 18.1 Å². The fourth-order valence-electron chi connectivity index (χ4n) is 3.46. The van der Waals surface area contributed by atoms with Crippen LogP contribution in [-0.2, 0) is 20.9 Å². The van der Waals surface area contributed by atoms with Crippen molar-refractivity contribution in [3.8, 4) is 5.75 Å². The zero-order valence-electron chi connectivity index (χ0n) is 14.6. The Hall–Kier alpha value is -1.59. The average Bonchev–Trinajstić information content (AvgIpc) is 3.06. The molecule has 1 aromatic carbocycles. The molecule has 2 heterocycles. The summed E-state index contributed by atoms with van der Waals surface area (Å²) >= 11 is 0. The quantitative estimate of drug-likeness (QED) is 0.831. The molecule has 2 saturated heterocycles. The molecule has 1 aromatic rings. The standard InChI is InChI=1S/C19H27NO4/c1-14-9-12-23-18(14)19(21)20-10-7-16(8-11-20)24-13-15-5-3-4-6-17(15)22-2/h3-6,14,16,18H,7-13H2,1-2H3/t14-,18+/m1/s1. The van der Waals surface area contributed by atoms with Crippen molar-refractivity contribution in [3.05, 3.63) is 29.8 Å². The highest BCUT2D eigenvalue weighted by Crippen LogP contribution is 2.25. The molecule has 2 fully saturated rings. The third-order valence-electron chi connectivity index (χ3n) is 5.05. The molecule has 0 bridgehead atoms. The molecule has 0 aliphatic carbocycles. The van der Waals surface area contributed by atoms with Gasteiger partial charge < -0.3 is 19.1 Å². The molecule has 132 valence electrons. The van der Waals surface area contributed by atoms with Crippen LogP contribution >= 0.6 is 0 Å². The molecule has 24 heavy (non-hydrogen) atoms. The largest absolute Gasteiger partial charge is 0.496 e. The smallest absolute Gasteiger partial charge is 0.251 e. The van der Waals surface area contributed by atoms with Crippen molar-refractivity contribution in [2.24, 2.45) is 5.92 Å². The fourth-order valence-corrected chi connectivity index (χ4v) is 3.46. The lowest BCUT2D eigenvalue weighted by Gasteiger charge is -2.34. The van der Waals surface area contributed by atoms with E-state index in [1.54, 1.807) is 7.11 Å². The summed E-state index contributed by atoms with van der Waals surface area (Å²) in [6, 6.07) is 7.92. The Morgan fingerprint density at radius 2 is 2.00 bits per heavy atom. The zero-order chi connectivity index (χ0) is 16.9. The predicted molar refractivity (Wildman–Crippen MR) is 90.9 cm³/mol. The number of methoxy groups -OCH3 is 1. The second-order valence-corrected chi connectivity index (χ2v) is 6.70. The number of carbonyl (C=O) groups excluding carboxylic acids is 1. The third kappa shape index (κ3) is 3.90. The van der Waals surface area contributed by atoms with Crippen LogP contribution in [0, 0.1) is 5.92 Å². The SMILES string of the molecule is COc1ccccc1COC1CCN(C(=O)[C@H]2OCC[C@H]2C)CC1. The van der Waals surface area contributed by atoms with Gasteiger partial charge in [0.25, 0.3) is 5.91 Å². The lowest BCUT2D eigenvalue weighted by molar-refractivity contribution is -0.145. The molecule has 0 spiro atoms. The van der Waals surface area contributed by atoms with E-state index >= 15 is 0 Å². The second kappa shape index (κ2) is 7.99. The summed E-state index contributed by atoms with van der Waals surface area (Å²) in [6.45, 7) is 4.85. The Morgan fingerprint density at radius 1 is 1.25 bits per heavy atom. The molecule has 0 saturated carbocycles. The van der Waals surface area contributed by atoms with Crippen molar-refractivity contribution in [3.63, 3.8) is 0 Å². The van der Waals surface area contributed by atoms with E-state index in [4.69, 9.17) is 14.2 Å². The first kappa shape index (κ1) is 17.2. The van der Waals surface area contributed by atoms with Crippen LogP contribution in [0.4, 0.5) is 0 Å². The van der Waals surface area contributed by atoms with Crippen LogP contribution in [0.1, 0.15) is 31.7 Å². The highest BCUT2D eigenvalue weighted by atomic mass is 16.5. The normalized spacial score (nSPS) is 25.0. The molecule has 2 aliphatic heterocycles. The van der Waals surface area contributed by atoms with Gasteiger partial charge in [-0.15, -0.1) is 0 Å². The lowest BCUT2D eigenvalue weighted by atomic mass is 10.0. The number of para-hydroxylation sites is 1. The van der Waals surface area contributed by atoms with Crippen LogP contribution < -0.4 is 4.74 Å². The van der Waals surface area contributed by atoms with Crippen molar-refractivity contribution >= 4 is 5.91 Å². The van der Waals surface area contributed by atoms with Crippen molar-refractivity contribution < 1.29 is 19.0 Å². The Morgan fingerprint density at radius 3 is 2.67 bits per heavy atom. The Kier molecular flexibility index (Phi) is 5.74. The minimum Gasteiger partial charge on any atom is -0.496 e. The Balaban J connectivity index is 1.46. The van der Waals surface area contributed by atoms with E-state index in [0.29, 0.717) is 19.1 Å².